The van der Waals surface area contributed by atoms with Crippen molar-refractivity contribution in [2.45, 2.75) is 50.2 Å². The Labute approximate surface area is 79.9 Å². The van der Waals surface area contributed by atoms with Gasteiger partial charge in [0.15, 0.2) is 0 Å². The van der Waals surface area contributed by atoms with E-state index in [-0.39, 0.29) is 24.0 Å². The minimum atomic E-state index is -0.351. The summed E-state index contributed by atoms with van der Waals surface area (Å²) in [5.74, 6) is 0.572. The number of halogens is 1. The van der Waals surface area contributed by atoms with Crippen LogP contribution in [0.2, 0.25) is 0 Å². The molecule has 0 saturated heterocycles. The fraction of sp³-hybridized carbons (Fsp3) is 1.00. The van der Waals surface area contributed by atoms with Crippen molar-refractivity contribution in [3.05, 3.63) is 0 Å². The lowest BCUT2D eigenvalue weighted by Crippen LogP contribution is -2.55. The van der Waals surface area contributed by atoms with Gasteiger partial charge in [0.05, 0.1) is 5.60 Å². The largest absolute Gasteiger partial charge is 0.389 e. The third kappa shape index (κ3) is 1.61. The van der Waals surface area contributed by atoms with E-state index in [0.717, 1.165) is 12.8 Å². The first-order valence-electron chi connectivity index (χ1n) is 4.69. The van der Waals surface area contributed by atoms with E-state index in [0.29, 0.717) is 5.92 Å². The predicted molar refractivity (Wildman–Crippen MR) is 51.4 cm³/mol. The summed E-state index contributed by atoms with van der Waals surface area (Å²) >= 11 is 0. The highest BCUT2D eigenvalue weighted by molar-refractivity contribution is 5.85. The van der Waals surface area contributed by atoms with Crippen LogP contribution in [0, 0.1) is 5.92 Å². The Kier molecular flexibility index (Phi) is 3.02. The van der Waals surface area contributed by atoms with Gasteiger partial charge in [0.1, 0.15) is 0 Å². The zero-order valence-electron chi connectivity index (χ0n) is 7.33. The number of nitrogens with two attached hydrogens (primary N) is 1. The molecule has 3 heteroatoms. The predicted octanol–water partition coefficient (Wildman–Crippen LogP) is 1.45. The molecule has 0 amide bonds. The monoisotopic (exact) mass is 191 g/mol. The molecule has 2 saturated carbocycles. The molecule has 0 bridgehead atoms. The Morgan fingerprint density at radius 2 is 1.67 bits per heavy atom. The van der Waals surface area contributed by atoms with E-state index in [9.17, 15) is 5.11 Å². The quantitative estimate of drug-likeness (QED) is 0.659. The van der Waals surface area contributed by atoms with Gasteiger partial charge in [0.25, 0.3) is 0 Å². The molecule has 0 aromatic carbocycles. The zero-order valence-corrected chi connectivity index (χ0v) is 8.15. The molecule has 0 spiro atoms. The highest BCUT2D eigenvalue weighted by Gasteiger charge is 2.47. The second-order valence-corrected chi connectivity index (χ2v) is 4.25. The summed E-state index contributed by atoms with van der Waals surface area (Å²) in [6.45, 7) is 0. The van der Waals surface area contributed by atoms with E-state index in [4.69, 9.17) is 5.73 Å². The van der Waals surface area contributed by atoms with Crippen LogP contribution in [0.15, 0.2) is 0 Å². The van der Waals surface area contributed by atoms with Crippen LogP contribution in [-0.2, 0) is 0 Å². The second kappa shape index (κ2) is 3.52. The summed E-state index contributed by atoms with van der Waals surface area (Å²) in [6, 6.07) is 0.278. The van der Waals surface area contributed by atoms with Gasteiger partial charge in [-0.25, -0.2) is 0 Å². The Morgan fingerprint density at radius 1 is 1.17 bits per heavy atom. The summed E-state index contributed by atoms with van der Waals surface area (Å²) in [5, 5.41) is 10.0. The normalized spacial score (nSPS) is 42.0. The van der Waals surface area contributed by atoms with Gasteiger partial charge in [-0.2, -0.15) is 0 Å². The first kappa shape index (κ1) is 10.3. The third-order valence-corrected chi connectivity index (χ3v) is 3.35. The van der Waals surface area contributed by atoms with Gasteiger partial charge in [0.2, 0.25) is 0 Å². The summed E-state index contributed by atoms with van der Waals surface area (Å²) in [5.41, 5.74) is 5.31. The van der Waals surface area contributed by atoms with Crippen molar-refractivity contribution in [2.75, 3.05) is 0 Å². The minimum absolute atomic E-state index is 0. The summed E-state index contributed by atoms with van der Waals surface area (Å²) in [7, 11) is 0. The van der Waals surface area contributed by atoms with Crippen molar-refractivity contribution in [3.63, 3.8) is 0 Å². The van der Waals surface area contributed by atoms with Gasteiger partial charge in [-0.15, -0.1) is 12.4 Å². The van der Waals surface area contributed by atoms with Gasteiger partial charge >= 0.3 is 0 Å². The van der Waals surface area contributed by atoms with Crippen molar-refractivity contribution in [1.29, 1.82) is 0 Å². The lowest BCUT2D eigenvalue weighted by atomic mass is 9.68. The second-order valence-electron chi connectivity index (χ2n) is 4.25. The molecule has 2 aliphatic carbocycles. The molecule has 2 fully saturated rings. The summed E-state index contributed by atoms with van der Waals surface area (Å²) in [4.78, 5) is 0. The molecule has 0 radical (unpaired) electrons. The molecule has 0 aromatic heterocycles. The molecule has 2 nitrogen and oxygen atoms in total. The number of hydrogen-bond acceptors (Lipinski definition) is 2. The van der Waals surface area contributed by atoms with Crippen molar-refractivity contribution >= 4 is 12.4 Å². The lowest BCUT2D eigenvalue weighted by molar-refractivity contribution is -0.0923. The first-order valence-corrected chi connectivity index (χ1v) is 4.69. The Morgan fingerprint density at radius 3 is 2.08 bits per heavy atom. The molecule has 12 heavy (non-hydrogen) atoms. The maximum Gasteiger partial charge on any atom is 0.0705 e. The first-order chi connectivity index (χ1) is 5.21. The van der Waals surface area contributed by atoms with Crippen LogP contribution >= 0.6 is 12.4 Å². The Bertz CT molecular complexity index is 151. The minimum Gasteiger partial charge on any atom is -0.389 e. The zero-order chi connectivity index (χ0) is 7.90. The number of aliphatic hydroxyl groups is 1. The molecular formula is C9H18ClNO. The molecule has 0 atom stereocenters. The average molecular weight is 192 g/mol. The van der Waals surface area contributed by atoms with Gasteiger partial charge in [-0.3, -0.25) is 0 Å². The molecule has 0 aliphatic heterocycles. The number of rotatable bonds is 1. The van der Waals surface area contributed by atoms with Gasteiger partial charge in [-0.1, -0.05) is 12.8 Å². The molecule has 3 N–H and O–H groups in total. The van der Waals surface area contributed by atoms with E-state index >= 15 is 0 Å². The molecule has 2 aliphatic rings. The highest BCUT2D eigenvalue weighted by atomic mass is 35.5. The van der Waals surface area contributed by atoms with Gasteiger partial charge < -0.3 is 10.8 Å². The van der Waals surface area contributed by atoms with E-state index < -0.39 is 0 Å². The molecule has 2 rings (SSSR count). The van der Waals surface area contributed by atoms with Crippen molar-refractivity contribution < 1.29 is 5.11 Å². The summed E-state index contributed by atoms with van der Waals surface area (Å²) in [6.07, 6.45) is 6.76. The summed E-state index contributed by atoms with van der Waals surface area (Å²) < 4.78 is 0. The van der Waals surface area contributed by atoms with Crippen LogP contribution in [0.25, 0.3) is 0 Å². The van der Waals surface area contributed by atoms with E-state index in [1.165, 1.54) is 25.7 Å². The molecule has 0 unspecified atom stereocenters. The number of hydrogen-bond donors (Lipinski definition) is 2. The van der Waals surface area contributed by atoms with E-state index in [2.05, 4.69) is 0 Å². The van der Waals surface area contributed by atoms with Crippen LogP contribution in [-0.4, -0.2) is 16.7 Å². The van der Waals surface area contributed by atoms with Gasteiger partial charge in [0, 0.05) is 6.04 Å². The van der Waals surface area contributed by atoms with E-state index in [1.807, 2.05) is 0 Å². The van der Waals surface area contributed by atoms with Crippen LogP contribution in [0.4, 0.5) is 0 Å². The van der Waals surface area contributed by atoms with Crippen LogP contribution < -0.4 is 5.73 Å². The molecule has 0 heterocycles. The maximum absolute atomic E-state index is 10.0. The SMILES string of the molecule is Cl.NC1CC(O)(C2CCCC2)C1. The van der Waals surface area contributed by atoms with Crippen LogP contribution in [0.1, 0.15) is 38.5 Å². The molecule has 0 aromatic rings. The van der Waals surface area contributed by atoms with Crippen molar-refractivity contribution in [2.24, 2.45) is 11.7 Å². The van der Waals surface area contributed by atoms with E-state index in [1.54, 1.807) is 0 Å². The maximum atomic E-state index is 10.0. The highest BCUT2D eigenvalue weighted by Crippen LogP contribution is 2.44. The van der Waals surface area contributed by atoms with Crippen LogP contribution in [0.5, 0.6) is 0 Å². The Hall–Kier alpha value is 0.210. The van der Waals surface area contributed by atoms with Crippen LogP contribution in [0.3, 0.4) is 0 Å². The standard InChI is InChI=1S/C9H17NO.ClH/c10-8-5-9(11,6-8)7-3-1-2-4-7;/h7-8,11H,1-6,10H2;1H. The fourth-order valence-electron chi connectivity index (χ4n) is 2.64. The lowest BCUT2D eigenvalue weighted by Gasteiger charge is -2.46. The van der Waals surface area contributed by atoms with Crippen molar-refractivity contribution in [1.82, 2.24) is 0 Å². The fourth-order valence-corrected chi connectivity index (χ4v) is 2.64. The van der Waals surface area contributed by atoms with Crippen molar-refractivity contribution in [3.8, 4) is 0 Å². The third-order valence-electron chi connectivity index (χ3n) is 3.35. The molecular weight excluding hydrogens is 174 g/mol. The average Bonchev–Trinajstić information content (AvgIpc) is 2.34. The topological polar surface area (TPSA) is 46.2 Å². The van der Waals surface area contributed by atoms with Gasteiger partial charge in [-0.05, 0) is 31.6 Å². The molecule has 72 valence electrons. The Balaban J connectivity index is 0.000000720. The smallest absolute Gasteiger partial charge is 0.0705 e.